The molecule has 0 radical (unpaired) electrons. The molecule has 5 aromatic carbocycles. The summed E-state index contributed by atoms with van der Waals surface area (Å²) in [6.07, 6.45) is 0. The van der Waals surface area contributed by atoms with E-state index in [4.69, 9.17) is 21.1 Å². The van der Waals surface area contributed by atoms with Gasteiger partial charge < -0.3 is 14.6 Å². The highest BCUT2D eigenvalue weighted by Gasteiger charge is 2.48. The Morgan fingerprint density at radius 1 is 0.788 bits per heavy atom. The van der Waals surface area contributed by atoms with Gasteiger partial charge in [0.15, 0.2) is 4.34 Å². The molecule has 1 atom stereocenters. The summed E-state index contributed by atoms with van der Waals surface area (Å²) >= 11 is 8.70. The molecule has 1 amide bonds. The number of hydrogen-bond acceptors (Lipinski definition) is 9. The Bertz CT molecular complexity index is 2220. The Balaban J connectivity index is 1.18. The first-order valence-corrected chi connectivity index (χ1v) is 18.6. The van der Waals surface area contributed by atoms with Crippen molar-refractivity contribution in [2.24, 2.45) is 0 Å². The van der Waals surface area contributed by atoms with Crippen molar-refractivity contribution in [3.05, 3.63) is 171 Å². The van der Waals surface area contributed by atoms with Gasteiger partial charge in [-0.25, -0.2) is 0 Å². The largest absolute Gasteiger partial charge is 0.507 e. The van der Waals surface area contributed by atoms with Gasteiger partial charge in [0.1, 0.15) is 30.5 Å². The first-order chi connectivity index (χ1) is 25.3. The molecular weight excluding hydrogens is 714 g/mol. The number of amides is 1. The number of thioether (sulfide) groups is 1. The number of Topliss-reactive ketones (excluding diaryl/α,β-unsaturated/α-hetero) is 1. The van der Waals surface area contributed by atoms with E-state index in [0.717, 1.165) is 22.3 Å². The van der Waals surface area contributed by atoms with Crippen LogP contribution in [0.15, 0.2) is 137 Å². The third kappa shape index (κ3) is 7.89. The third-order valence-corrected chi connectivity index (χ3v) is 10.9. The van der Waals surface area contributed by atoms with Gasteiger partial charge in [-0.3, -0.25) is 14.5 Å². The number of aliphatic hydroxyl groups excluding tert-OH is 1. The number of benzene rings is 5. The molecule has 1 aliphatic heterocycles. The van der Waals surface area contributed by atoms with Crippen LogP contribution in [0.2, 0.25) is 5.02 Å². The predicted molar refractivity (Wildman–Crippen MR) is 205 cm³/mol. The summed E-state index contributed by atoms with van der Waals surface area (Å²) in [5.41, 5.74) is 5.17. The number of hydrogen-bond donors (Lipinski definition) is 1. The molecule has 0 saturated carbocycles. The first-order valence-electron chi connectivity index (χ1n) is 16.4. The van der Waals surface area contributed by atoms with Gasteiger partial charge in [-0.1, -0.05) is 114 Å². The van der Waals surface area contributed by atoms with Crippen molar-refractivity contribution in [3.63, 3.8) is 0 Å². The van der Waals surface area contributed by atoms with E-state index in [1.165, 1.54) is 28.0 Å². The summed E-state index contributed by atoms with van der Waals surface area (Å²) in [7, 11) is 0. The zero-order chi connectivity index (χ0) is 36.0. The van der Waals surface area contributed by atoms with Crippen molar-refractivity contribution in [1.82, 2.24) is 10.2 Å². The number of aryl methyl sites for hydroxylation is 1. The van der Waals surface area contributed by atoms with Crippen LogP contribution in [0.25, 0.3) is 5.76 Å². The summed E-state index contributed by atoms with van der Waals surface area (Å²) < 4.78 is 12.6. The van der Waals surface area contributed by atoms with Crippen molar-refractivity contribution < 1.29 is 24.2 Å². The average Bonchev–Trinajstić information content (AvgIpc) is 3.75. The van der Waals surface area contributed by atoms with Gasteiger partial charge in [0, 0.05) is 16.3 Å². The fraction of sp³-hybridized carbons (Fsp3) is 0.122. The van der Waals surface area contributed by atoms with Gasteiger partial charge in [0.2, 0.25) is 5.13 Å². The highest BCUT2D eigenvalue weighted by atomic mass is 35.5. The maximum Gasteiger partial charge on any atom is 0.301 e. The van der Waals surface area contributed by atoms with E-state index >= 15 is 0 Å². The minimum Gasteiger partial charge on any atom is -0.507 e. The molecular formula is C41H32ClN3O5S2. The van der Waals surface area contributed by atoms with Crippen LogP contribution < -0.4 is 14.4 Å². The number of anilines is 1. The van der Waals surface area contributed by atoms with E-state index in [-0.39, 0.29) is 16.5 Å². The van der Waals surface area contributed by atoms with Gasteiger partial charge in [0.05, 0.1) is 11.6 Å². The lowest BCUT2D eigenvalue weighted by Crippen LogP contribution is -2.29. The minimum atomic E-state index is -0.970. The second-order valence-corrected chi connectivity index (χ2v) is 14.6. The first kappa shape index (κ1) is 35.0. The van der Waals surface area contributed by atoms with Crippen molar-refractivity contribution in [3.8, 4) is 11.5 Å². The van der Waals surface area contributed by atoms with Crippen LogP contribution in [-0.2, 0) is 28.6 Å². The number of aliphatic hydroxyl groups is 1. The second kappa shape index (κ2) is 15.9. The van der Waals surface area contributed by atoms with E-state index in [0.29, 0.717) is 51.0 Å². The highest BCUT2D eigenvalue weighted by molar-refractivity contribution is 8.00. The second-order valence-electron chi connectivity index (χ2n) is 12.0. The summed E-state index contributed by atoms with van der Waals surface area (Å²) in [6.45, 7) is 2.79. The Morgan fingerprint density at radius 2 is 1.44 bits per heavy atom. The number of ether oxygens (including phenoxy) is 2. The van der Waals surface area contributed by atoms with Crippen LogP contribution in [0, 0.1) is 6.92 Å². The molecule has 0 spiro atoms. The molecule has 1 unspecified atom stereocenters. The van der Waals surface area contributed by atoms with E-state index in [2.05, 4.69) is 10.2 Å². The number of carbonyl (C=O) groups is 2. The molecule has 1 fully saturated rings. The van der Waals surface area contributed by atoms with Gasteiger partial charge >= 0.3 is 5.91 Å². The molecule has 7 rings (SSSR count). The Morgan fingerprint density at radius 3 is 2.15 bits per heavy atom. The Hall–Kier alpha value is -5.42. The zero-order valence-corrected chi connectivity index (χ0v) is 30.3. The number of ketones is 1. The van der Waals surface area contributed by atoms with Crippen LogP contribution in [0.4, 0.5) is 5.13 Å². The average molecular weight is 746 g/mol. The molecule has 11 heteroatoms. The number of carbonyl (C=O) groups excluding carboxylic acids is 2. The predicted octanol–water partition coefficient (Wildman–Crippen LogP) is 9.58. The smallest absolute Gasteiger partial charge is 0.301 e. The number of rotatable bonds is 12. The van der Waals surface area contributed by atoms with E-state index in [1.54, 1.807) is 48.5 Å². The van der Waals surface area contributed by atoms with Crippen LogP contribution >= 0.6 is 34.7 Å². The topological polar surface area (TPSA) is 102 Å². The molecule has 0 bridgehead atoms. The molecule has 52 heavy (non-hydrogen) atoms. The molecule has 6 aromatic rings. The van der Waals surface area contributed by atoms with Gasteiger partial charge in [0.25, 0.3) is 5.78 Å². The summed E-state index contributed by atoms with van der Waals surface area (Å²) in [4.78, 5) is 28.9. The Labute approximate surface area is 314 Å². The molecule has 0 aliphatic carbocycles. The van der Waals surface area contributed by atoms with Crippen molar-refractivity contribution >= 4 is 57.3 Å². The molecule has 1 aliphatic rings. The molecule has 1 N–H and O–H groups in total. The summed E-state index contributed by atoms with van der Waals surface area (Å²) in [5, 5.41) is 21.3. The molecule has 1 aromatic heterocycles. The van der Waals surface area contributed by atoms with E-state index in [9.17, 15) is 14.7 Å². The molecule has 1 saturated heterocycles. The summed E-state index contributed by atoms with van der Waals surface area (Å²) in [6, 6.07) is 38.3. The molecule has 8 nitrogen and oxygen atoms in total. The van der Waals surface area contributed by atoms with Crippen LogP contribution in [0.5, 0.6) is 11.5 Å². The molecule has 260 valence electrons. The maximum absolute atomic E-state index is 13.8. The van der Waals surface area contributed by atoms with Crippen molar-refractivity contribution in [2.75, 3.05) is 4.90 Å². The third-order valence-electron chi connectivity index (χ3n) is 8.55. The highest BCUT2D eigenvalue weighted by Crippen LogP contribution is 2.44. The Kier molecular flexibility index (Phi) is 10.7. The summed E-state index contributed by atoms with van der Waals surface area (Å²) in [5.74, 6) is -0.106. The minimum absolute atomic E-state index is 0.0536. The number of nitrogens with zero attached hydrogens (tertiary/aromatic N) is 3. The van der Waals surface area contributed by atoms with E-state index < -0.39 is 17.7 Å². The van der Waals surface area contributed by atoms with Gasteiger partial charge in [-0.15, -0.1) is 10.2 Å². The van der Waals surface area contributed by atoms with Crippen LogP contribution in [0.3, 0.4) is 0 Å². The van der Waals surface area contributed by atoms with Crippen molar-refractivity contribution in [1.29, 1.82) is 0 Å². The lowest BCUT2D eigenvalue weighted by atomic mass is 9.95. The van der Waals surface area contributed by atoms with E-state index in [1.807, 2.05) is 85.8 Å². The van der Waals surface area contributed by atoms with Gasteiger partial charge in [-0.05, 0) is 83.3 Å². The van der Waals surface area contributed by atoms with Crippen LogP contribution in [-0.4, -0.2) is 27.0 Å². The zero-order valence-electron chi connectivity index (χ0n) is 27.9. The lowest BCUT2D eigenvalue weighted by Gasteiger charge is -2.22. The monoisotopic (exact) mass is 745 g/mol. The quantitative estimate of drug-likeness (QED) is 0.0435. The fourth-order valence-corrected chi connectivity index (χ4v) is 7.66. The number of halogens is 1. The molecule has 2 heterocycles. The SMILES string of the molecule is Cc1ccccc1COc1ccc(C(O)=C2C(=O)C(=O)N(c3nnc(SCc4ccc(Cl)cc4)s3)C2c2ccc(OCc3ccccc3)cc2)cc1. The van der Waals surface area contributed by atoms with Crippen LogP contribution in [0.1, 0.15) is 39.4 Å². The standard InChI is InChI=1S/C41H32ClN3O5S2/c1-26-7-5-6-10-31(26)24-50-34-21-15-30(16-22-34)37(46)35-36(29-13-19-33(20-14-29)49-23-27-8-3-2-4-9-27)45(39(48)38(35)47)40-43-44-41(52-40)51-25-28-11-17-32(42)18-12-28/h2-22,36,46H,23-25H2,1H3. The van der Waals surface area contributed by atoms with Crippen molar-refractivity contribution in [2.45, 2.75) is 36.3 Å². The lowest BCUT2D eigenvalue weighted by molar-refractivity contribution is -0.132. The normalized spacial score (nSPS) is 15.2. The van der Waals surface area contributed by atoms with Gasteiger partial charge in [-0.2, -0.15) is 0 Å². The number of aromatic nitrogens is 2. The maximum atomic E-state index is 13.8. The fourth-order valence-electron chi connectivity index (χ4n) is 5.71.